The van der Waals surface area contributed by atoms with Crippen molar-refractivity contribution in [3.05, 3.63) is 52.4 Å². The number of aromatic nitrogens is 4. The lowest BCUT2D eigenvalue weighted by atomic mass is 9.99. The maximum atomic E-state index is 12.8. The number of nitrogen functional groups attached to an aromatic ring is 1. The van der Waals surface area contributed by atoms with Crippen LogP contribution in [0.15, 0.2) is 41.1 Å². The normalized spacial score (nSPS) is 15.7. The van der Waals surface area contributed by atoms with Gasteiger partial charge >= 0.3 is 0 Å². The molecule has 1 unspecified atom stereocenters. The fourth-order valence-corrected chi connectivity index (χ4v) is 4.86. The van der Waals surface area contributed by atoms with Gasteiger partial charge < -0.3 is 15.8 Å². The van der Waals surface area contributed by atoms with Gasteiger partial charge in [-0.3, -0.25) is 9.78 Å². The Morgan fingerprint density at radius 3 is 2.85 bits per heavy atom. The number of anilines is 1. The lowest BCUT2D eigenvalue weighted by molar-refractivity contribution is -0.128. The van der Waals surface area contributed by atoms with E-state index in [-0.39, 0.29) is 17.9 Å². The number of hydrogen-bond acceptors (Lipinski definition) is 6. The molecule has 1 saturated heterocycles. The third-order valence-corrected chi connectivity index (χ3v) is 6.97. The van der Waals surface area contributed by atoms with Crippen molar-refractivity contribution >= 4 is 44.2 Å². The highest BCUT2D eigenvalue weighted by Gasteiger charge is 2.26. The number of fused-ring (bicyclic) bond motifs is 2. The molecule has 1 aliphatic heterocycles. The molecule has 33 heavy (non-hydrogen) atoms. The van der Waals surface area contributed by atoms with Crippen molar-refractivity contribution < 1.29 is 9.53 Å². The molecule has 1 aliphatic rings. The summed E-state index contributed by atoms with van der Waals surface area (Å²) in [5.74, 6) is 0.400. The molecule has 8 nitrogen and oxygen atoms in total. The number of halogens is 1. The first kappa shape index (κ1) is 21.8. The Labute approximate surface area is 199 Å². The van der Waals surface area contributed by atoms with E-state index < -0.39 is 0 Å². The van der Waals surface area contributed by atoms with E-state index >= 15 is 0 Å². The zero-order valence-electron chi connectivity index (χ0n) is 18.5. The minimum Gasteiger partial charge on any atom is -0.383 e. The molecule has 1 amide bonds. The molecule has 4 aromatic rings. The van der Waals surface area contributed by atoms with Gasteiger partial charge in [-0.15, -0.1) is 0 Å². The summed E-state index contributed by atoms with van der Waals surface area (Å²) < 4.78 is 7.60. The number of amides is 1. The van der Waals surface area contributed by atoms with Crippen molar-refractivity contribution in [2.24, 2.45) is 5.92 Å². The molecule has 5 rings (SSSR count). The number of carbonyl (C=O) groups excluding carboxylic acids is 1. The van der Waals surface area contributed by atoms with Crippen molar-refractivity contribution in [3.63, 3.8) is 0 Å². The highest BCUT2D eigenvalue weighted by molar-refractivity contribution is 9.10. The van der Waals surface area contributed by atoms with Crippen molar-refractivity contribution in [1.82, 2.24) is 24.9 Å². The van der Waals surface area contributed by atoms with Crippen LogP contribution in [-0.4, -0.2) is 38.7 Å². The molecule has 9 heteroatoms. The van der Waals surface area contributed by atoms with Crippen LogP contribution in [0, 0.1) is 12.8 Å². The first-order valence-electron chi connectivity index (χ1n) is 11.0. The van der Waals surface area contributed by atoms with Gasteiger partial charge in [0, 0.05) is 41.8 Å². The summed E-state index contributed by atoms with van der Waals surface area (Å²) in [5, 5.41) is 8.60. The lowest BCUT2D eigenvalue weighted by Crippen LogP contribution is -2.36. The quantitative estimate of drug-likeness (QED) is 0.427. The zero-order chi connectivity index (χ0) is 23.1. The molecule has 0 spiro atoms. The molecule has 3 aromatic heterocycles. The number of aryl methyl sites for hydroxylation is 1. The van der Waals surface area contributed by atoms with E-state index in [1.165, 1.54) is 5.56 Å². The third-order valence-electron chi connectivity index (χ3n) is 6.16. The van der Waals surface area contributed by atoms with Crippen molar-refractivity contribution in [2.45, 2.75) is 32.7 Å². The molecular weight excluding hydrogens is 484 g/mol. The second-order valence-electron chi connectivity index (χ2n) is 8.53. The van der Waals surface area contributed by atoms with Crippen molar-refractivity contribution in [2.75, 3.05) is 18.9 Å². The molecule has 1 aromatic carbocycles. The summed E-state index contributed by atoms with van der Waals surface area (Å²) in [6.07, 6.45) is 5.04. The molecular formula is C24H25BrN6O2. The number of nitrogens with zero attached hydrogens (tertiary/aromatic N) is 4. The Balaban J connectivity index is 1.53. The number of hydrogen-bond donors (Lipinski definition) is 2. The Morgan fingerprint density at radius 1 is 1.27 bits per heavy atom. The van der Waals surface area contributed by atoms with Crippen LogP contribution in [0.1, 0.15) is 37.1 Å². The number of nitrogens with one attached hydrogen (secondary N) is 1. The smallest absolute Gasteiger partial charge is 0.223 e. The first-order valence-corrected chi connectivity index (χ1v) is 11.8. The van der Waals surface area contributed by atoms with E-state index in [1.54, 1.807) is 10.7 Å². The second kappa shape index (κ2) is 8.72. The van der Waals surface area contributed by atoms with Crippen LogP contribution >= 0.6 is 15.9 Å². The Hall–Kier alpha value is -3.04. The van der Waals surface area contributed by atoms with E-state index in [4.69, 9.17) is 15.5 Å². The van der Waals surface area contributed by atoms with Crippen LogP contribution in [-0.2, 0) is 9.53 Å². The van der Waals surface area contributed by atoms with Gasteiger partial charge in [0.15, 0.2) is 5.65 Å². The largest absolute Gasteiger partial charge is 0.383 e. The highest BCUT2D eigenvalue weighted by atomic mass is 79.9. The monoisotopic (exact) mass is 508 g/mol. The Kier molecular flexibility index (Phi) is 5.76. The maximum Gasteiger partial charge on any atom is 0.223 e. The zero-order valence-corrected chi connectivity index (χ0v) is 20.1. The number of pyridine rings is 1. The number of ether oxygens (including phenoxy) is 1. The summed E-state index contributed by atoms with van der Waals surface area (Å²) in [4.78, 5) is 22.2. The molecule has 0 radical (unpaired) electrons. The number of nitrogens with two attached hydrogens (primary N) is 1. The fourth-order valence-electron chi connectivity index (χ4n) is 4.26. The van der Waals surface area contributed by atoms with E-state index in [2.05, 4.69) is 50.4 Å². The SMILES string of the molecule is Cc1ccc2ncc(-c3cnn4c(N)c(Br)c(C(C)NC(=O)C5CCOCC5)nc34)cc2c1. The molecule has 0 bridgehead atoms. The van der Waals surface area contributed by atoms with Gasteiger partial charge in [0.25, 0.3) is 0 Å². The summed E-state index contributed by atoms with van der Waals surface area (Å²) >= 11 is 3.56. The highest BCUT2D eigenvalue weighted by Crippen LogP contribution is 2.33. The van der Waals surface area contributed by atoms with E-state index in [0.717, 1.165) is 34.9 Å². The minimum atomic E-state index is -0.331. The standard InChI is InChI=1S/C24H25BrN6O2/c1-13-3-4-19-16(9-13)10-17(11-27-19)18-12-28-31-22(26)20(25)21(30-23(18)31)14(2)29-24(32)15-5-7-33-8-6-15/h3-4,9-12,14-15H,5-8,26H2,1-2H3,(H,29,32). The number of benzene rings is 1. The maximum absolute atomic E-state index is 12.8. The van der Waals surface area contributed by atoms with Gasteiger partial charge in [0.2, 0.25) is 5.91 Å². The Morgan fingerprint density at radius 2 is 2.06 bits per heavy atom. The molecule has 1 atom stereocenters. The fraction of sp³-hybridized carbons (Fsp3) is 0.333. The summed E-state index contributed by atoms with van der Waals surface area (Å²) in [6.45, 7) is 5.21. The predicted octanol–water partition coefficient (Wildman–Crippen LogP) is 4.20. The van der Waals surface area contributed by atoms with Gasteiger partial charge in [0.1, 0.15) is 5.82 Å². The first-order chi connectivity index (χ1) is 15.9. The van der Waals surface area contributed by atoms with Crippen LogP contribution in [0.5, 0.6) is 0 Å². The Bertz CT molecular complexity index is 1360. The van der Waals surface area contributed by atoms with Gasteiger partial charge in [-0.25, -0.2) is 4.98 Å². The van der Waals surface area contributed by atoms with Gasteiger partial charge in [-0.05, 0) is 60.8 Å². The second-order valence-corrected chi connectivity index (χ2v) is 9.32. The van der Waals surface area contributed by atoms with Gasteiger partial charge in [-0.2, -0.15) is 9.61 Å². The molecule has 170 valence electrons. The van der Waals surface area contributed by atoms with Gasteiger partial charge in [0.05, 0.1) is 27.9 Å². The topological polar surface area (TPSA) is 107 Å². The predicted molar refractivity (Wildman–Crippen MR) is 131 cm³/mol. The molecule has 3 N–H and O–H groups in total. The number of rotatable bonds is 4. The van der Waals surface area contributed by atoms with Crippen molar-refractivity contribution in [3.8, 4) is 11.1 Å². The van der Waals surface area contributed by atoms with Crippen LogP contribution in [0.2, 0.25) is 0 Å². The molecule has 0 aliphatic carbocycles. The van der Waals surface area contributed by atoms with E-state index in [9.17, 15) is 4.79 Å². The summed E-state index contributed by atoms with van der Waals surface area (Å²) in [6, 6.07) is 7.92. The van der Waals surface area contributed by atoms with Gasteiger partial charge in [-0.1, -0.05) is 11.6 Å². The van der Waals surface area contributed by atoms with Crippen LogP contribution < -0.4 is 11.1 Å². The third kappa shape index (κ3) is 4.06. The average molecular weight is 509 g/mol. The van der Waals surface area contributed by atoms with Crippen LogP contribution in [0.4, 0.5) is 5.82 Å². The molecule has 0 saturated carbocycles. The average Bonchev–Trinajstić information content (AvgIpc) is 3.25. The molecule has 4 heterocycles. The van der Waals surface area contributed by atoms with Crippen molar-refractivity contribution in [1.29, 1.82) is 0 Å². The minimum absolute atomic E-state index is 0.0146. The summed E-state index contributed by atoms with van der Waals surface area (Å²) in [7, 11) is 0. The van der Waals surface area contributed by atoms with Crippen LogP contribution in [0.25, 0.3) is 27.7 Å². The van der Waals surface area contributed by atoms with Crippen LogP contribution in [0.3, 0.4) is 0 Å². The van der Waals surface area contributed by atoms with E-state index in [0.29, 0.717) is 34.8 Å². The van der Waals surface area contributed by atoms with E-state index in [1.807, 2.05) is 25.3 Å². The summed E-state index contributed by atoms with van der Waals surface area (Å²) in [5.41, 5.74) is 11.5. The number of carbonyl (C=O) groups is 1. The lowest BCUT2D eigenvalue weighted by Gasteiger charge is -2.24. The molecule has 1 fully saturated rings.